The van der Waals surface area contributed by atoms with Crippen molar-refractivity contribution in [2.24, 2.45) is 17.2 Å². The third-order valence-electron chi connectivity index (χ3n) is 6.64. The van der Waals surface area contributed by atoms with Gasteiger partial charge in [0.15, 0.2) is 6.29 Å². The Bertz CT molecular complexity index is 669. The fourth-order valence-corrected chi connectivity index (χ4v) is 4.86. The van der Waals surface area contributed by atoms with Crippen molar-refractivity contribution in [2.45, 2.75) is 93.5 Å². The van der Waals surface area contributed by atoms with Crippen molar-refractivity contribution in [3.8, 4) is 0 Å². The van der Waals surface area contributed by atoms with Gasteiger partial charge in [-0.3, -0.25) is 0 Å². The number of likely N-dealkylation sites (N-methyl/N-ethyl adjacent to an activating group) is 2. The van der Waals surface area contributed by atoms with Gasteiger partial charge >= 0.3 is 0 Å². The van der Waals surface area contributed by atoms with E-state index in [1.807, 2.05) is 13.0 Å². The summed E-state index contributed by atoms with van der Waals surface area (Å²) in [4.78, 5) is 0. The van der Waals surface area contributed by atoms with Gasteiger partial charge in [-0.15, -0.1) is 0 Å². The summed E-state index contributed by atoms with van der Waals surface area (Å²) < 4.78 is 23.6. The predicted molar refractivity (Wildman–Crippen MR) is 120 cm³/mol. The summed E-state index contributed by atoms with van der Waals surface area (Å²) in [7, 11) is 1.64. The highest BCUT2D eigenvalue weighted by Gasteiger charge is 2.51. The Morgan fingerprint density at radius 1 is 1.15 bits per heavy atom. The normalized spacial score (nSPS) is 46.5. The second-order valence-corrected chi connectivity index (χ2v) is 9.31. The molecule has 10 unspecified atom stereocenters. The van der Waals surface area contributed by atoms with Crippen molar-refractivity contribution in [1.29, 1.82) is 0 Å². The van der Waals surface area contributed by atoms with Crippen molar-refractivity contribution in [3.05, 3.63) is 11.8 Å². The quantitative estimate of drug-likeness (QED) is 0.175. The average Bonchev–Trinajstić information content (AvgIpc) is 2.76. The Morgan fingerprint density at radius 3 is 2.48 bits per heavy atom. The van der Waals surface area contributed by atoms with E-state index >= 15 is 0 Å². The molecule has 0 aromatic carbocycles. The zero-order valence-electron chi connectivity index (χ0n) is 19.6. The van der Waals surface area contributed by atoms with Crippen molar-refractivity contribution in [3.63, 3.8) is 0 Å². The molecule has 11 N–H and O–H groups in total. The first-order chi connectivity index (χ1) is 15.6. The van der Waals surface area contributed by atoms with Crippen LogP contribution in [0.5, 0.6) is 0 Å². The lowest BCUT2D eigenvalue weighted by Gasteiger charge is -2.49. The Kier molecular flexibility index (Phi) is 9.08. The molecule has 0 spiro atoms. The monoisotopic (exact) mass is 475 g/mol. The van der Waals surface area contributed by atoms with Crippen LogP contribution < -0.4 is 27.8 Å². The van der Waals surface area contributed by atoms with Gasteiger partial charge in [-0.1, -0.05) is 6.92 Å². The van der Waals surface area contributed by atoms with Gasteiger partial charge in [-0.05, 0) is 39.4 Å². The highest BCUT2D eigenvalue weighted by atomic mass is 16.7. The predicted octanol–water partition coefficient (Wildman–Crippen LogP) is -3.20. The maximum absolute atomic E-state index is 11.3. The van der Waals surface area contributed by atoms with Crippen molar-refractivity contribution < 1.29 is 34.3 Å². The maximum atomic E-state index is 11.3. The first-order valence-corrected chi connectivity index (χ1v) is 11.6. The zero-order valence-corrected chi connectivity index (χ0v) is 19.6. The number of hydrogen-bond acceptors (Lipinski definition) is 12. The molecule has 2 heterocycles. The van der Waals surface area contributed by atoms with Crippen LogP contribution in [0.1, 0.15) is 26.7 Å². The summed E-state index contributed by atoms with van der Waals surface area (Å²) in [5, 5.41) is 38.8. The molecule has 2 aliphatic heterocycles. The fraction of sp³-hybridized carbons (Fsp3) is 0.905. The first kappa shape index (κ1) is 26.7. The molecule has 12 nitrogen and oxygen atoms in total. The van der Waals surface area contributed by atoms with E-state index in [2.05, 4.69) is 10.6 Å². The number of nitrogens with two attached hydrogens (primary N) is 3. The smallest absolute Gasteiger partial charge is 0.215 e. The lowest BCUT2D eigenvalue weighted by Crippen LogP contribution is -2.69. The molecular weight excluding hydrogens is 434 g/mol. The molecule has 11 atom stereocenters. The molecule has 2 fully saturated rings. The van der Waals surface area contributed by atoms with E-state index in [9.17, 15) is 15.3 Å². The zero-order chi connectivity index (χ0) is 24.3. The van der Waals surface area contributed by atoms with Crippen LogP contribution in [0.3, 0.4) is 0 Å². The molecular formula is C21H41N5O7. The topological polar surface area (TPSA) is 200 Å². The van der Waals surface area contributed by atoms with E-state index in [0.29, 0.717) is 25.1 Å². The van der Waals surface area contributed by atoms with Gasteiger partial charge in [0.05, 0.1) is 25.2 Å². The molecule has 3 aliphatic rings. The second-order valence-electron chi connectivity index (χ2n) is 9.31. The van der Waals surface area contributed by atoms with Crippen molar-refractivity contribution >= 4 is 0 Å². The summed E-state index contributed by atoms with van der Waals surface area (Å²) in [5.41, 5.74) is 16.9. The van der Waals surface area contributed by atoms with E-state index in [4.69, 9.17) is 36.1 Å². The van der Waals surface area contributed by atoms with Gasteiger partial charge in [0.25, 0.3) is 0 Å². The molecule has 0 aromatic rings. The van der Waals surface area contributed by atoms with E-state index in [1.54, 1.807) is 14.0 Å². The van der Waals surface area contributed by atoms with Crippen LogP contribution >= 0.6 is 0 Å². The molecule has 0 aromatic heterocycles. The van der Waals surface area contributed by atoms with Gasteiger partial charge in [0, 0.05) is 12.1 Å². The Morgan fingerprint density at radius 2 is 1.85 bits per heavy atom. The maximum Gasteiger partial charge on any atom is 0.215 e. The van der Waals surface area contributed by atoms with E-state index in [1.165, 1.54) is 0 Å². The molecule has 1 aliphatic carbocycles. The van der Waals surface area contributed by atoms with Crippen LogP contribution in [-0.2, 0) is 18.9 Å². The van der Waals surface area contributed by atoms with Crippen LogP contribution in [0, 0.1) is 0 Å². The average molecular weight is 476 g/mol. The van der Waals surface area contributed by atoms with E-state index in [-0.39, 0.29) is 19.2 Å². The summed E-state index contributed by atoms with van der Waals surface area (Å²) >= 11 is 0. The van der Waals surface area contributed by atoms with Gasteiger partial charge in [-0.2, -0.15) is 0 Å². The van der Waals surface area contributed by atoms with Gasteiger partial charge in [0.2, 0.25) is 6.29 Å². The lowest BCUT2D eigenvalue weighted by molar-refractivity contribution is -0.304. The molecule has 1 saturated heterocycles. The van der Waals surface area contributed by atoms with Gasteiger partial charge < -0.3 is 62.1 Å². The second kappa shape index (κ2) is 11.2. The first-order valence-electron chi connectivity index (χ1n) is 11.6. The molecule has 192 valence electrons. The fourth-order valence-electron chi connectivity index (χ4n) is 4.86. The lowest BCUT2D eigenvalue weighted by atomic mass is 9.83. The van der Waals surface area contributed by atoms with Crippen LogP contribution in [0.15, 0.2) is 11.8 Å². The SMILES string of the molecule is CCNC1CC(N)C(OC2OC(CN)=CCC2N)C(O)C1OC1OC[C@](C)(O)C(NC)C1O. The largest absolute Gasteiger partial charge is 0.467 e. The number of rotatable bonds is 8. The summed E-state index contributed by atoms with van der Waals surface area (Å²) in [5.74, 6) is 0.572. The van der Waals surface area contributed by atoms with Crippen molar-refractivity contribution in [1.82, 2.24) is 10.6 Å². The molecule has 0 amide bonds. The Balaban J connectivity index is 1.75. The molecule has 3 rings (SSSR count). The Hall–Kier alpha value is -0.900. The van der Waals surface area contributed by atoms with Crippen LogP contribution in [-0.4, -0.2) is 109 Å². The number of hydrogen-bond donors (Lipinski definition) is 8. The van der Waals surface area contributed by atoms with Crippen LogP contribution in [0.25, 0.3) is 0 Å². The molecule has 0 bridgehead atoms. The molecule has 12 heteroatoms. The number of aliphatic hydroxyl groups excluding tert-OH is 2. The standard InChI is InChI=1S/C21H41N5O7/c1-4-26-13-7-12(24)16(32-19-11(23)6-5-10(8-22)31-19)14(27)17(13)33-20-15(28)18(25-3)21(2,29)9-30-20/h5,11-20,25-29H,4,6-9,22-24H2,1-3H3/t11?,12?,13?,14?,15?,16?,17?,18?,19?,20?,21-/m0/s1. The third kappa shape index (κ3) is 5.85. The molecule has 33 heavy (non-hydrogen) atoms. The summed E-state index contributed by atoms with van der Waals surface area (Å²) in [6.45, 7) is 4.30. The van der Waals surface area contributed by atoms with E-state index in [0.717, 1.165) is 0 Å². The van der Waals surface area contributed by atoms with E-state index < -0.39 is 60.7 Å². The third-order valence-corrected chi connectivity index (χ3v) is 6.64. The minimum absolute atomic E-state index is 0.0483. The summed E-state index contributed by atoms with van der Waals surface area (Å²) in [6, 6.07) is -1.95. The number of aliphatic hydroxyl groups is 3. The van der Waals surface area contributed by atoms with Crippen molar-refractivity contribution in [2.75, 3.05) is 26.7 Å². The van der Waals surface area contributed by atoms with Crippen LogP contribution in [0.4, 0.5) is 0 Å². The number of ether oxygens (including phenoxy) is 4. The highest BCUT2D eigenvalue weighted by Crippen LogP contribution is 2.31. The van der Waals surface area contributed by atoms with Gasteiger partial charge in [-0.25, -0.2) is 0 Å². The molecule has 0 radical (unpaired) electrons. The minimum Gasteiger partial charge on any atom is -0.467 e. The van der Waals surface area contributed by atoms with Gasteiger partial charge in [0.1, 0.15) is 35.8 Å². The Labute approximate surface area is 194 Å². The summed E-state index contributed by atoms with van der Waals surface area (Å²) in [6.07, 6.45) is -3.05. The number of nitrogens with one attached hydrogen (secondary N) is 2. The minimum atomic E-state index is -1.28. The molecule has 1 saturated carbocycles. The highest BCUT2D eigenvalue weighted by molar-refractivity contribution is 5.05. The van der Waals surface area contributed by atoms with Crippen LogP contribution in [0.2, 0.25) is 0 Å².